The van der Waals surface area contributed by atoms with Gasteiger partial charge >= 0.3 is 0 Å². The van der Waals surface area contributed by atoms with Crippen molar-refractivity contribution in [1.29, 1.82) is 0 Å². The molecule has 16 heavy (non-hydrogen) atoms. The van der Waals surface area contributed by atoms with Crippen LogP contribution in [-0.4, -0.2) is 21.4 Å². The van der Waals surface area contributed by atoms with Gasteiger partial charge in [0, 0.05) is 15.4 Å². The van der Waals surface area contributed by atoms with Gasteiger partial charge in [0.2, 0.25) is 0 Å². The fraction of sp³-hybridized carbons (Fsp3) is 0.300. The minimum absolute atomic E-state index is 0.124. The first-order valence-corrected chi connectivity index (χ1v) is 7.46. The molecular formula is C10H9ClFIN2S. The largest absolute Gasteiger partial charge is 0.335 e. The normalized spacial score (nSPS) is 19.7. The fourth-order valence-electron chi connectivity index (χ4n) is 1.26. The van der Waals surface area contributed by atoms with Gasteiger partial charge < -0.3 is 5.32 Å². The standard InChI is InChI=1S/C10H9ClFIN2S/c11-8-3-6(1-2-9(8)12)15-10-14-5-7(4-13)16-10/h1-3,7H,4-5H2,(H,14,15)/t7-/m1/s1. The molecule has 0 saturated carbocycles. The Morgan fingerprint density at radius 2 is 2.44 bits per heavy atom. The Balaban J connectivity index is 2.02. The number of thioether (sulfide) groups is 1. The van der Waals surface area contributed by atoms with Gasteiger partial charge in [-0.1, -0.05) is 46.0 Å². The van der Waals surface area contributed by atoms with Crippen LogP contribution in [0.1, 0.15) is 0 Å². The van der Waals surface area contributed by atoms with Gasteiger partial charge in [-0.25, -0.2) is 4.39 Å². The van der Waals surface area contributed by atoms with Crippen molar-refractivity contribution in [2.24, 2.45) is 4.99 Å². The number of amidine groups is 1. The van der Waals surface area contributed by atoms with Gasteiger partial charge in [-0.2, -0.15) is 0 Å². The van der Waals surface area contributed by atoms with Crippen molar-refractivity contribution >= 4 is 56.8 Å². The third-order valence-corrected chi connectivity index (χ3v) is 5.11. The summed E-state index contributed by atoms with van der Waals surface area (Å²) in [5.74, 6) is -0.404. The highest BCUT2D eigenvalue weighted by Gasteiger charge is 2.18. The number of halogens is 3. The highest BCUT2D eigenvalue weighted by molar-refractivity contribution is 14.1. The number of alkyl halides is 1. The summed E-state index contributed by atoms with van der Waals surface area (Å²) in [5.41, 5.74) is 0.770. The molecule has 1 atom stereocenters. The number of aliphatic imine (C=N–C) groups is 1. The molecule has 0 spiro atoms. The Morgan fingerprint density at radius 3 is 3.06 bits per heavy atom. The molecule has 0 amide bonds. The van der Waals surface area contributed by atoms with Crippen LogP contribution in [0.5, 0.6) is 0 Å². The van der Waals surface area contributed by atoms with Gasteiger partial charge in [0.25, 0.3) is 0 Å². The Hall–Kier alpha value is -0.0100. The van der Waals surface area contributed by atoms with Gasteiger partial charge in [-0.3, -0.25) is 4.99 Å². The molecule has 0 saturated heterocycles. The minimum Gasteiger partial charge on any atom is -0.335 e. The molecule has 0 aliphatic carbocycles. The summed E-state index contributed by atoms with van der Waals surface area (Å²) in [6, 6.07) is 4.57. The monoisotopic (exact) mass is 370 g/mol. The van der Waals surface area contributed by atoms with Gasteiger partial charge in [-0.15, -0.1) is 0 Å². The van der Waals surface area contributed by atoms with E-state index in [2.05, 4.69) is 32.9 Å². The summed E-state index contributed by atoms with van der Waals surface area (Å²) < 4.78 is 14.0. The molecule has 1 N–H and O–H groups in total. The summed E-state index contributed by atoms with van der Waals surface area (Å²) in [6.45, 7) is 0.838. The molecule has 1 aromatic rings. The number of rotatable bonds is 2. The van der Waals surface area contributed by atoms with Crippen LogP contribution >= 0.6 is 46.0 Å². The van der Waals surface area contributed by atoms with Crippen LogP contribution in [0.15, 0.2) is 23.2 Å². The lowest BCUT2D eigenvalue weighted by atomic mass is 10.3. The Morgan fingerprint density at radius 1 is 1.62 bits per heavy atom. The van der Waals surface area contributed by atoms with Crippen molar-refractivity contribution in [1.82, 2.24) is 0 Å². The number of nitrogens with zero attached hydrogens (tertiary/aromatic N) is 1. The Kier molecular flexibility index (Phi) is 4.32. The molecule has 0 aromatic heterocycles. The Labute approximate surface area is 116 Å². The molecular weight excluding hydrogens is 362 g/mol. The van der Waals surface area contributed by atoms with Gasteiger partial charge in [-0.05, 0) is 18.2 Å². The lowest BCUT2D eigenvalue weighted by molar-refractivity contribution is 0.628. The zero-order valence-corrected chi connectivity index (χ0v) is 11.9. The Bertz CT molecular complexity index is 427. The van der Waals surface area contributed by atoms with Crippen LogP contribution in [0.25, 0.3) is 0 Å². The van der Waals surface area contributed by atoms with E-state index < -0.39 is 5.82 Å². The van der Waals surface area contributed by atoms with Crippen LogP contribution in [0, 0.1) is 5.82 Å². The second-order valence-corrected chi connectivity index (χ2v) is 5.87. The van der Waals surface area contributed by atoms with E-state index in [-0.39, 0.29) is 5.02 Å². The summed E-state index contributed by atoms with van der Waals surface area (Å²) in [4.78, 5) is 4.36. The quantitative estimate of drug-likeness (QED) is 0.632. The summed E-state index contributed by atoms with van der Waals surface area (Å²) >= 11 is 9.75. The maximum absolute atomic E-state index is 12.9. The van der Waals surface area contributed by atoms with Crippen LogP contribution < -0.4 is 5.32 Å². The second-order valence-electron chi connectivity index (χ2n) is 3.29. The summed E-state index contributed by atoms with van der Waals surface area (Å²) in [6.07, 6.45) is 0. The van der Waals surface area contributed by atoms with E-state index in [1.807, 2.05) is 0 Å². The van der Waals surface area contributed by atoms with Crippen molar-refractivity contribution in [3.63, 3.8) is 0 Å². The van der Waals surface area contributed by atoms with E-state index in [1.54, 1.807) is 23.9 Å². The number of hydrogen-bond acceptors (Lipinski definition) is 3. The molecule has 2 nitrogen and oxygen atoms in total. The van der Waals surface area contributed by atoms with E-state index >= 15 is 0 Å². The van der Waals surface area contributed by atoms with E-state index in [4.69, 9.17) is 11.6 Å². The van der Waals surface area contributed by atoms with Crippen molar-refractivity contribution < 1.29 is 4.39 Å². The molecule has 0 radical (unpaired) electrons. The van der Waals surface area contributed by atoms with Crippen molar-refractivity contribution in [3.05, 3.63) is 29.0 Å². The molecule has 1 heterocycles. The zero-order valence-electron chi connectivity index (χ0n) is 8.21. The smallest absolute Gasteiger partial charge is 0.161 e. The number of benzene rings is 1. The van der Waals surface area contributed by atoms with Crippen LogP contribution in [0.4, 0.5) is 10.1 Å². The number of hydrogen-bond donors (Lipinski definition) is 1. The summed E-state index contributed by atoms with van der Waals surface area (Å²) in [7, 11) is 0. The second kappa shape index (κ2) is 5.55. The number of anilines is 1. The average Bonchev–Trinajstić information content (AvgIpc) is 2.71. The zero-order chi connectivity index (χ0) is 11.5. The van der Waals surface area contributed by atoms with Gasteiger partial charge in [0.1, 0.15) is 5.82 Å². The highest BCUT2D eigenvalue weighted by atomic mass is 127. The lowest BCUT2D eigenvalue weighted by Crippen LogP contribution is -2.08. The first-order chi connectivity index (χ1) is 7.69. The van der Waals surface area contributed by atoms with Gasteiger partial charge in [0.15, 0.2) is 5.17 Å². The van der Waals surface area contributed by atoms with Crippen molar-refractivity contribution in [2.75, 3.05) is 16.3 Å². The van der Waals surface area contributed by atoms with E-state index in [0.29, 0.717) is 5.25 Å². The van der Waals surface area contributed by atoms with Crippen LogP contribution in [0.3, 0.4) is 0 Å². The molecule has 2 rings (SSSR count). The highest BCUT2D eigenvalue weighted by Crippen LogP contribution is 2.25. The topological polar surface area (TPSA) is 24.4 Å². The van der Waals surface area contributed by atoms with Crippen LogP contribution in [-0.2, 0) is 0 Å². The SMILES string of the molecule is Fc1ccc(NC2=NC[C@@H](CI)S2)cc1Cl. The van der Waals surface area contributed by atoms with Crippen molar-refractivity contribution in [2.45, 2.75) is 5.25 Å². The van der Waals surface area contributed by atoms with Crippen LogP contribution in [0.2, 0.25) is 5.02 Å². The minimum atomic E-state index is -0.404. The molecule has 86 valence electrons. The molecule has 6 heteroatoms. The average molecular weight is 371 g/mol. The lowest BCUT2D eigenvalue weighted by Gasteiger charge is -2.07. The third kappa shape index (κ3) is 3.01. The molecule has 0 unspecified atom stereocenters. The molecule has 1 aromatic carbocycles. The first-order valence-electron chi connectivity index (χ1n) is 4.68. The van der Waals surface area contributed by atoms with E-state index in [1.165, 1.54) is 6.07 Å². The van der Waals surface area contributed by atoms with Crippen molar-refractivity contribution in [3.8, 4) is 0 Å². The predicted molar refractivity (Wildman–Crippen MR) is 77.6 cm³/mol. The molecule has 0 bridgehead atoms. The predicted octanol–water partition coefficient (Wildman–Crippen LogP) is 3.80. The van der Waals surface area contributed by atoms with E-state index in [0.717, 1.165) is 21.8 Å². The third-order valence-electron chi connectivity index (χ3n) is 2.06. The van der Waals surface area contributed by atoms with E-state index in [9.17, 15) is 4.39 Å². The molecule has 1 aliphatic rings. The maximum Gasteiger partial charge on any atom is 0.161 e. The van der Waals surface area contributed by atoms with Gasteiger partial charge in [0.05, 0.1) is 11.6 Å². The maximum atomic E-state index is 12.9. The molecule has 0 fully saturated rings. The fourth-order valence-corrected chi connectivity index (χ4v) is 3.12. The number of nitrogens with one attached hydrogen (secondary N) is 1. The summed E-state index contributed by atoms with van der Waals surface area (Å²) in [5, 5.41) is 4.68. The molecule has 1 aliphatic heterocycles. The first kappa shape index (κ1) is 12.4.